The molecule has 0 saturated carbocycles. The Balaban J connectivity index is 1.46. The molecule has 2 atom stereocenters. The van der Waals surface area contributed by atoms with E-state index in [4.69, 9.17) is 10.5 Å². The molecule has 4 rings (SSSR count). The molecular weight excluding hydrogens is 526 g/mol. The molecule has 0 aliphatic carbocycles. The maximum atomic E-state index is 13.6. The van der Waals surface area contributed by atoms with E-state index >= 15 is 0 Å². The SMILES string of the molecule is CC(CNC(C(=O)Nc1ccc(C(C)(C)C)cc1)c1ccc(/C=C/C(=O)Nc2ccccc2N)cc1)N1CCOCC1. The molecule has 2 amide bonds. The van der Waals surface area contributed by atoms with Crippen molar-refractivity contribution in [1.29, 1.82) is 0 Å². The summed E-state index contributed by atoms with van der Waals surface area (Å²) in [6, 6.07) is 22.5. The first-order chi connectivity index (χ1) is 20.1. The van der Waals surface area contributed by atoms with Crippen LogP contribution in [0.15, 0.2) is 78.9 Å². The minimum absolute atomic E-state index is 0.0357. The van der Waals surface area contributed by atoms with Crippen LogP contribution in [0.3, 0.4) is 0 Å². The van der Waals surface area contributed by atoms with Gasteiger partial charge in [-0.2, -0.15) is 0 Å². The third-order valence-corrected chi connectivity index (χ3v) is 7.48. The van der Waals surface area contributed by atoms with Crippen LogP contribution in [0.2, 0.25) is 0 Å². The van der Waals surface area contributed by atoms with Crippen LogP contribution in [0.25, 0.3) is 6.08 Å². The Morgan fingerprint density at radius 1 is 0.952 bits per heavy atom. The summed E-state index contributed by atoms with van der Waals surface area (Å²) in [7, 11) is 0. The molecule has 222 valence electrons. The molecule has 0 aromatic heterocycles. The molecular formula is C34H43N5O3. The van der Waals surface area contributed by atoms with Crippen molar-refractivity contribution < 1.29 is 14.3 Å². The fourth-order valence-corrected chi connectivity index (χ4v) is 4.82. The van der Waals surface area contributed by atoms with E-state index in [1.165, 1.54) is 11.6 Å². The number of hydrogen-bond donors (Lipinski definition) is 4. The highest BCUT2D eigenvalue weighted by molar-refractivity contribution is 6.03. The highest BCUT2D eigenvalue weighted by atomic mass is 16.5. The summed E-state index contributed by atoms with van der Waals surface area (Å²) in [6.45, 7) is 12.5. The molecule has 5 N–H and O–H groups in total. The van der Waals surface area contributed by atoms with Crippen molar-refractivity contribution in [1.82, 2.24) is 10.2 Å². The molecule has 0 radical (unpaired) electrons. The lowest BCUT2D eigenvalue weighted by Crippen LogP contribution is -2.48. The number of hydrogen-bond acceptors (Lipinski definition) is 6. The number of nitrogens with zero attached hydrogens (tertiary/aromatic N) is 1. The molecule has 8 nitrogen and oxygen atoms in total. The fourth-order valence-electron chi connectivity index (χ4n) is 4.82. The zero-order chi connectivity index (χ0) is 30.1. The lowest BCUT2D eigenvalue weighted by atomic mass is 9.87. The number of nitrogens with two attached hydrogens (primary N) is 1. The van der Waals surface area contributed by atoms with Gasteiger partial charge in [-0.25, -0.2) is 0 Å². The van der Waals surface area contributed by atoms with E-state index in [1.807, 2.05) is 48.5 Å². The summed E-state index contributed by atoms with van der Waals surface area (Å²) in [6.07, 6.45) is 3.20. The zero-order valence-electron chi connectivity index (χ0n) is 25.0. The number of rotatable bonds is 10. The molecule has 1 saturated heterocycles. The Morgan fingerprint density at radius 2 is 1.62 bits per heavy atom. The van der Waals surface area contributed by atoms with Crippen LogP contribution in [0, 0.1) is 0 Å². The van der Waals surface area contributed by atoms with Crippen molar-refractivity contribution in [2.75, 3.05) is 49.2 Å². The van der Waals surface area contributed by atoms with E-state index in [-0.39, 0.29) is 23.3 Å². The largest absolute Gasteiger partial charge is 0.397 e. The number of para-hydroxylation sites is 2. The van der Waals surface area contributed by atoms with Crippen LogP contribution < -0.4 is 21.7 Å². The Bertz CT molecular complexity index is 1360. The number of morpholine rings is 1. The molecule has 3 aromatic rings. The topological polar surface area (TPSA) is 109 Å². The number of carbonyl (C=O) groups excluding carboxylic acids is 2. The summed E-state index contributed by atoms with van der Waals surface area (Å²) < 4.78 is 5.50. The Hall–Kier alpha value is -3.98. The Morgan fingerprint density at radius 3 is 2.26 bits per heavy atom. The first-order valence-corrected chi connectivity index (χ1v) is 14.5. The van der Waals surface area contributed by atoms with Crippen molar-refractivity contribution in [2.45, 2.75) is 45.2 Å². The van der Waals surface area contributed by atoms with Gasteiger partial charge >= 0.3 is 0 Å². The van der Waals surface area contributed by atoms with E-state index in [2.05, 4.69) is 60.7 Å². The predicted octanol–water partition coefficient (Wildman–Crippen LogP) is 5.21. The highest BCUT2D eigenvalue weighted by Crippen LogP contribution is 2.25. The van der Waals surface area contributed by atoms with Crippen LogP contribution in [0.1, 0.15) is 50.4 Å². The second-order valence-corrected chi connectivity index (χ2v) is 11.7. The van der Waals surface area contributed by atoms with E-state index < -0.39 is 6.04 Å². The van der Waals surface area contributed by atoms with Gasteiger partial charge in [-0.05, 0) is 59.4 Å². The molecule has 0 spiro atoms. The highest BCUT2D eigenvalue weighted by Gasteiger charge is 2.24. The van der Waals surface area contributed by atoms with Crippen molar-refractivity contribution in [3.8, 4) is 0 Å². The number of nitrogens with one attached hydrogen (secondary N) is 3. The zero-order valence-corrected chi connectivity index (χ0v) is 25.0. The van der Waals surface area contributed by atoms with Crippen LogP contribution in [-0.4, -0.2) is 55.6 Å². The third kappa shape index (κ3) is 8.76. The van der Waals surface area contributed by atoms with Crippen LogP contribution in [0.4, 0.5) is 17.1 Å². The summed E-state index contributed by atoms with van der Waals surface area (Å²) in [4.78, 5) is 28.4. The van der Waals surface area contributed by atoms with Gasteiger partial charge in [-0.15, -0.1) is 0 Å². The lowest BCUT2D eigenvalue weighted by Gasteiger charge is -2.33. The Kier molecular flexibility index (Phi) is 10.5. The number of nitrogen functional groups attached to an aromatic ring is 1. The van der Waals surface area contributed by atoms with E-state index in [0.29, 0.717) is 17.9 Å². The van der Waals surface area contributed by atoms with Crippen molar-refractivity contribution >= 4 is 35.0 Å². The molecule has 1 fully saturated rings. The lowest BCUT2D eigenvalue weighted by molar-refractivity contribution is -0.118. The standard InChI is InChI=1S/C34H43N5O3/c1-24(39-19-21-42-22-20-39)23-36-32(33(41)37-28-16-14-27(15-17-28)34(2,3)4)26-12-9-25(10-13-26)11-18-31(40)38-30-8-6-5-7-29(30)35/h5-18,24,32,36H,19-23,35H2,1-4H3,(H,37,41)(H,38,40)/b18-11+. The number of amides is 2. The van der Waals surface area contributed by atoms with E-state index in [0.717, 1.165) is 43.1 Å². The van der Waals surface area contributed by atoms with Gasteiger partial charge in [0, 0.05) is 37.4 Å². The van der Waals surface area contributed by atoms with Crippen LogP contribution in [0.5, 0.6) is 0 Å². The second kappa shape index (κ2) is 14.3. The summed E-state index contributed by atoms with van der Waals surface area (Å²) in [5.74, 6) is -0.402. The molecule has 8 heteroatoms. The first kappa shape index (κ1) is 31.0. The number of carbonyl (C=O) groups is 2. The van der Waals surface area contributed by atoms with E-state index in [9.17, 15) is 9.59 Å². The molecule has 1 aliphatic heterocycles. The summed E-state index contributed by atoms with van der Waals surface area (Å²) >= 11 is 0. The minimum atomic E-state index is -0.557. The third-order valence-electron chi connectivity index (χ3n) is 7.48. The summed E-state index contributed by atoms with van der Waals surface area (Å²) in [5.41, 5.74) is 10.7. The fraction of sp³-hybridized carbons (Fsp3) is 0.353. The van der Waals surface area contributed by atoms with Gasteiger partial charge in [-0.1, -0.05) is 69.3 Å². The average molecular weight is 570 g/mol. The maximum Gasteiger partial charge on any atom is 0.248 e. The van der Waals surface area contributed by atoms with Gasteiger partial charge in [0.15, 0.2) is 0 Å². The number of benzene rings is 3. The normalized spacial score (nSPS) is 15.7. The molecule has 3 aromatic carbocycles. The quantitative estimate of drug-likeness (QED) is 0.197. The van der Waals surface area contributed by atoms with Gasteiger partial charge in [0.1, 0.15) is 6.04 Å². The second-order valence-electron chi connectivity index (χ2n) is 11.7. The van der Waals surface area contributed by atoms with Gasteiger partial charge in [-0.3, -0.25) is 14.5 Å². The summed E-state index contributed by atoms with van der Waals surface area (Å²) in [5, 5.41) is 9.38. The van der Waals surface area contributed by atoms with Gasteiger partial charge < -0.3 is 26.4 Å². The maximum absolute atomic E-state index is 13.6. The first-order valence-electron chi connectivity index (χ1n) is 14.5. The molecule has 0 bridgehead atoms. The smallest absolute Gasteiger partial charge is 0.248 e. The predicted molar refractivity (Wildman–Crippen MR) is 171 cm³/mol. The number of anilines is 3. The van der Waals surface area contributed by atoms with Gasteiger partial charge in [0.2, 0.25) is 11.8 Å². The average Bonchev–Trinajstić information content (AvgIpc) is 2.98. The van der Waals surface area contributed by atoms with Crippen molar-refractivity contribution in [2.24, 2.45) is 0 Å². The van der Waals surface area contributed by atoms with Gasteiger partial charge in [0.05, 0.1) is 24.6 Å². The van der Waals surface area contributed by atoms with Crippen molar-refractivity contribution in [3.05, 3.63) is 95.6 Å². The number of ether oxygens (including phenoxy) is 1. The minimum Gasteiger partial charge on any atom is -0.397 e. The van der Waals surface area contributed by atoms with Crippen molar-refractivity contribution in [3.63, 3.8) is 0 Å². The monoisotopic (exact) mass is 569 g/mol. The van der Waals surface area contributed by atoms with Crippen LogP contribution >= 0.6 is 0 Å². The van der Waals surface area contributed by atoms with Gasteiger partial charge in [0.25, 0.3) is 0 Å². The molecule has 42 heavy (non-hydrogen) atoms. The molecule has 1 aliphatic rings. The molecule has 2 unspecified atom stereocenters. The Labute approximate surface area is 249 Å². The van der Waals surface area contributed by atoms with Crippen LogP contribution in [-0.2, 0) is 19.7 Å². The van der Waals surface area contributed by atoms with E-state index in [1.54, 1.807) is 18.2 Å². The molecule has 1 heterocycles.